The van der Waals surface area contributed by atoms with E-state index in [1.54, 1.807) is 12.1 Å². The molecule has 0 spiro atoms. The third-order valence-electron chi connectivity index (χ3n) is 7.28. The smallest absolute Gasteiger partial charge is 0.229 e. The predicted molar refractivity (Wildman–Crippen MR) is 173 cm³/mol. The molecule has 1 heterocycles. The Bertz CT molecular complexity index is 1350. The number of sulfonamides is 1. The van der Waals surface area contributed by atoms with Crippen LogP contribution in [-0.4, -0.2) is 56.2 Å². The van der Waals surface area contributed by atoms with E-state index in [0.717, 1.165) is 73.9 Å². The van der Waals surface area contributed by atoms with Gasteiger partial charge in [-0.05, 0) is 87.7 Å². The summed E-state index contributed by atoms with van der Waals surface area (Å²) in [6.45, 7) is 10.6. The summed E-state index contributed by atoms with van der Waals surface area (Å²) in [6.07, 6.45) is 9.71. The molecule has 1 N–H and O–H groups in total. The van der Waals surface area contributed by atoms with Crippen molar-refractivity contribution in [3.63, 3.8) is 0 Å². The van der Waals surface area contributed by atoms with E-state index < -0.39 is 10.0 Å². The number of fused-ring (bicyclic) bond motifs is 1. The van der Waals surface area contributed by atoms with Crippen molar-refractivity contribution < 1.29 is 17.9 Å². The summed E-state index contributed by atoms with van der Waals surface area (Å²) >= 11 is 0. The number of aryl methyl sites for hydroxylation is 1. The number of anilines is 1. The summed E-state index contributed by atoms with van der Waals surface area (Å²) in [7, 11) is -1.47. The van der Waals surface area contributed by atoms with Crippen molar-refractivity contribution in [3.8, 4) is 5.75 Å². The lowest BCUT2D eigenvalue weighted by Crippen LogP contribution is -2.28. The van der Waals surface area contributed by atoms with Gasteiger partial charge in [0.05, 0.1) is 18.4 Å². The van der Waals surface area contributed by atoms with Crippen LogP contribution >= 0.6 is 12.4 Å². The molecule has 2 aromatic carbocycles. The van der Waals surface area contributed by atoms with Crippen LogP contribution in [0.5, 0.6) is 5.75 Å². The van der Waals surface area contributed by atoms with Gasteiger partial charge >= 0.3 is 0 Å². The monoisotopic (exact) mass is 605 g/mol. The topological polar surface area (TPSA) is 80.6 Å². The van der Waals surface area contributed by atoms with Gasteiger partial charge in [-0.2, -0.15) is 0 Å². The molecule has 0 amide bonds. The lowest BCUT2D eigenvalue weighted by atomic mass is 9.98. The summed E-state index contributed by atoms with van der Waals surface area (Å²) in [5.74, 6) is 0.691. The molecule has 0 aliphatic rings. The summed E-state index contributed by atoms with van der Waals surface area (Å²) in [5, 5.41) is 0.753. The zero-order chi connectivity index (χ0) is 29.1. The Labute approximate surface area is 253 Å². The van der Waals surface area contributed by atoms with Crippen molar-refractivity contribution in [3.05, 3.63) is 59.3 Å². The van der Waals surface area contributed by atoms with Gasteiger partial charge in [-0.25, -0.2) is 8.42 Å². The third-order valence-corrected chi connectivity index (χ3v) is 7.88. The summed E-state index contributed by atoms with van der Waals surface area (Å²) in [4.78, 5) is 16.4. The number of nitrogens with zero attached hydrogens (tertiary/aromatic N) is 2. The molecule has 0 saturated carbocycles. The molecule has 1 aromatic heterocycles. The number of benzene rings is 2. The van der Waals surface area contributed by atoms with Gasteiger partial charge in [-0.3, -0.25) is 9.52 Å². The maximum absolute atomic E-state index is 13.9. The molecule has 0 bridgehead atoms. The van der Waals surface area contributed by atoms with Crippen LogP contribution in [0, 0.1) is 0 Å². The van der Waals surface area contributed by atoms with Crippen LogP contribution in [-0.2, 0) is 23.5 Å². The first-order valence-electron chi connectivity index (χ1n) is 14.8. The summed E-state index contributed by atoms with van der Waals surface area (Å²) < 4.78 is 34.3. The zero-order valence-electron chi connectivity index (χ0n) is 25.4. The molecular formula is C32H48ClN3O4S. The number of nitrogens with one attached hydrogen (secondary N) is 1. The van der Waals surface area contributed by atoms with Crippen LogP contribution < -0.4 is 9.46 Å². The Hall–Kier alpha value is -2.55. The van der Waals surface area contributed by atoms with Crippen molar-refractivity contribution in [1.82, 2.24) is 9.47 Å². The van der Waals surface area contributed by atoms with Crippen LogP contribution in [0.1, 0.15) is 87.3 Å². The van der Waals surface area contributed by atoms with Crippen molar-refractivity contribution in [2.45, 2.75) is 72.1 Å². The Morgan fingerprint density at radius 3 is 2.10 bits per heavy atom. The van der Waals surface area contributed by atoms with E-state index in [9.17, 15) is 13.2 Å². The number of unbranched alkanes of at least 4 members (excludes halogenated alkanes) is 3. The van der Waals surface area contributed by atoms with E-state index in [2.05, 4.69) is 35.0 Å². The number of hydrogen-bond acceptors (Lipinski definition) is 5. The molecule has 0 atom stereocenters. The van der Waals surface area contributed by atoms with Gasteiger partial charge in [0.25, 0.3) is 0 Å². The SMILES string of the molecule is CCCCc1c(C(=O)c2ccc(OCCCN(CCCC)CCCC)cc2)c2cc(NS(C)(=O)=O)ccc2n1C.Cl. The van der Waals surface area contributed by atoms with Gasteiger partial charge in [-0.1, -0.05) is 40.0 Å². The lowest BCUT2D eigenvalue weighted by Gasteiger charge is -2.21. The zero-order valence-corrected chi connectivity index (χ0v) is 27.0. The number of carbonyl (C=O) groups excluding carboxylic acids is 1. The fourth-order valence-corrected chi connectivity index (χ4v) is 5.64. The lowest BCUT2D eigenvalue weighted by molar-refractivity contribution is 0.103. The van der Waals surface area contributed by atoms with Gasteiger partial charge in [-0.15, -0.1) is 12.4 Å². The molecule has 0 aliphatic heterocycles. The molecule has 0 aliphatic carbocycles. The molecule has 0 fully saturated rings. The normalized spacial score (nSPS) is 11.6. The van der Waals surface area contributed by atoms with E-state index in [4.69, 9.17) is 4.74 Å². The maximum Gasteiger partial charge on any atom is 0.229 e. The van der Waals surface area contributed by atoms with Gasteiger partial charge in [0, 0.05) is 41.4 Å². The van der Waals surface area contributed by atoms with E-state index in [1.165, 1.54) is 25.7 Å². The molecule has 3 rings (SSSR count). The Kier molecular flexibility index (Phi) is 14.2. The molecule has 7 nitrogen and oxygen atoms in total. The van der Waals surface area contributed by atoms with Crippen LogP contribution in [0.25, 0.3) is 10.9 Å². The molecule has 0 radical (unpaired) electrons. The number of aromatic nitrogens is 1. The second-order valence-corrected chi connectivity index (χ2v) is 12.4. The summed E-state index contributed by atoms with van der Waals surface area (Å²) in [5.41, 5.74) is 3.54. The minimum atomic E-state index is -3.44. The number of hydrogen-bond donors (Lipinski definition) is 1. The molecular weight excluding hydrogens is 558 g/mol. The highest BCUT2D eigenvalue weighted by Gasteiger charge is 2.23. The molecule has 41 heavy (non-hydrogen) atoms. The van der Waals surface area contributed by atoms with Crippen LogP contribution in [0.15, 0.2) is 42.5 Å². The van der Waals surface area contributed by atoms with Gasteiger partial charge < -0.3 is 14.2 Å². The number of carbonyl (C=O) groups is 1. The maximum atomic E-state index is 13.9. The van der Waals surface area contributed by atoms with Crippen molar-refractivity contribution >= 4 is 44.8 Å². The van der Waals surface area contributed by atoms with Crippen LogP contribution in [0.2, 0.25) is 0 Å². The van der Waals surface area contributed by atoms with Gasteiger partial charge in [0.1, 0.15) is 5.75 Å². The Morgan fingerprint density at radius 1 is 0.902 bits per heavy atom. The van der Waals surface area contributed by atoms with E-state index in [-0.39, 0.29) is 18.2 Å². The molecule has 0 unspecified atom stereocenters. The minimum absolute atomic E-state index is 0. The van der Waals surface area contributed by atoms with Crippen molar-refractivity contribution in [1.29, 1.82) is 0 Å². The van der Waals surface area contributed by atoms with E-state index in [0.29, 0.717) is 23.4 Å². The fourth-order valence-electron chi connectivity index (χ4n) is 5.09. The van der Waals surface area contributed by atoms with Crippen LogP contribution in [0.4, 0.5) is 5.69 Å². The molecule has 9 heteroatoms. The first-order chi connectivity index (χ1) is 19.2. The Morgan fingerprint density at radius 2 is 1.51 bits per heavy atom. The average molecular weight is 606 g/mol. The molecule has 228 valence electrons. The number of halogens is 1. The quantitative estimate of drug-likeness (QED) is 0.122. The predicted octanol–water partition coefficient (Wildman–Crippen LogP) is 7.22. The molecule has 0 saturated heterocycles. The van der Waals surface area contributed by atoms with Crippen LogP contribution in [0.3, 0.4) is 0 Å². The Balaban J connectivity index is 0.00000588. The first-order valence-corrected chi connectivity index (χ1v) is 16.7. The number of ketones is 1. The fraction of sp³-hybridized carbons (Fsp3) is 0.531. The number of ether oxygens (including phenoxy) is 1. The first kappa shape index (κ1) is 34.7. The second-order valence-electron chi connectivity index (χ2n) is 10.7. The van der Waals surface area contributed by atoms with Crippen molar-refractivity contribution in [2.75, 3.05) is 37.2 Å². The summed E-state index contributed by atoms with van der Waals surface area (Å²) in [6, 6.07) is 12.8. The second kappa shape index (κ2) is 16.8. The molecule has 3 aromatic rings. The third kappa shape index (κ3) is 10.0. The van der Waals surface area contributed by atoms with E-state index >= 15 is 0 Å². The van der Waals surface area contributed by atoms with Gasteiger partial charge in [0.15, 0.2) is 5.78 Å². The van der Waals surface area contributed by atoms with E-state index in [1.807, 2.05) is 37.4 Å². The highest BCUT2D eigenvalue weighted by Crippen LogP contribution is 2.32. The largest absolute Gasteiger partial charge is 0.494 e. The van der Waals surface area contributed by atoms with Crippen molar-refractivity contribution in [2.24, 2.45) is 7.05 Å². The van der Waals surface area contributed by atoms with Gasteiger partial charge in [0.2, 0.25) is 10.0 Å². The average Bonchev–Trinajstić information content (AvgIpc) is 3.20. The highest BCUT2D eigenvalue weighted by atomic mass is 35.5. The minimum Gasteiger partial charge on any atom is -0.494 e. The standard InChI is InChI=1S/C32H47N3O4S.ClH/c1-6-9-13-30-31(28-24-26(33-40(5,37)38)16-19-29(28)34(30)4)32(36)25-14-17-27(18-15-25)39-23-12-22-35(20-10-7-2)21-11-8-3;/h14-19,24,33H,6-13,20-23H2,1-5H3;1H. The highest BCUT2D eigenvalue weighted by molar-refractivity contribution is 7.92. The number of rotatable bonds is 18.